The molecule has 2 aromatic heterocycles. The van der Waals surface area contributed by atoms with Gasteiger partial charge in [0.1, 0.15) is 34.9 Å². The third kappa shape index (κ3) is 5.78. The number of anilines is 1. The van der Waals surface area contributed by atoms with Crippen molar-refractivity contribution in [2.24, 2.45) is 0 Å². The molecule has 1 saturated heterocycles. The number of rotatable bonds is 6. The summed E-state index contributed by atoms with van der Waals surface area (Å²) >= 11 is 0. The molecule has 1 aliphatic heterocycles. The molecule has 0 aliphatic carbocycles. The summed E-state index contributed by atoms with van der Waals surface area (Å²) in [5, 5.41) is 0.656. The Bertz CT molecular complexity index is 1360. The Balaban J connectivity index is 1.79. The van der Waals surface area contributed by atoms with E-state index in [9.17, 15) is 4.79 Å². The molecule has 0 bridgehead atoms. The number of aromatic nitrogens is 3. The van der Waals surface area contributed by atoms with Gasteiger partial charge in [0.2, 0.25) is 0 Å². The minimum Gasteiger partial charge on any atom is -0.497 e. The predicted octanol–water partition coefficient (Wildman–Crippen LogP) is 3.98. The number of amides is 1. The molecule has 1 amide bonds. The molecular weight excluding hydrogens is 486 g/mol. The van der Waals surface area contributed by atoms with Crippen molar-refractivity contribution in [3.05, 3.63) is 41.3 Å². The van der Waals surface area contributed by atoms with Crippen LogP contribution in [0.4, 0.5) is 10.6 Å². The van der Waals surface area contributed by atoms with E-state index >= 15 is 0 Å². The molecule has 1 atom stereocenters. The quantitative estimate of drug-likeness (QED) is 0.485. The van der Waals surface area contributed by atoms with Crippen molar-refractivity contribution in [2.45, 2.75) is 58.4 Å². The fourth-order valence-corrected chi connectivity index (χ4v) is 4.67. The number of fused-ring (bicyclic) bond motifs is 1. The molecule has 38 heavy (non-hydrogen) atoms. The van der Waals surface area contributed by atoms with Crippen molar-refractivity contribution >= 4 is 22.9 Å². The van der Waals surface area contributed by atoms with Crippen LogP contribution in [0.5, 0.6) is 11.5 Å². The Morgan fingerprint density at radius 1 is 1.11 bits per heavy atom. The van der Waals surface area contributed by atoms with Crippen LogP contribution in [0.1, 0.15) is 50.4 Å². The number of nitrogens with two attached hydrogens (primary N) is 1. The van der Waals surface area contributed by atoms with Crippen molar-refractivity contribution < 1.29 is 23.7 Å². The first-order valence-electron chi connectivity index (χ1n) is 12.5. The van der Waals surface area contributed by atoms with E-state index in [1.165, 1.54) is 6.33 Å². The lowest BCUT2D eigenvalue weighted by molar-refractivity contribution is 0.0213. The Morgan fingerprint density at radius 3 is 2.45 bits per heavy atom. The SMILES string of the molecule is COCc1c(C#Cc2cc(OC)cc(OC)c2)c2c(N)ncnc2n1C[C@H]1CCCN1C(=O)OC(C)(C)C. The normalized spacial score (nSPS) is 15.3. The van der Waals surface area contributed by atoms with E-state index in [1.54, 1.807) is 32.3 Å². The highest BCUT2D eigenvalue weighted by Crippen LogP contribution is 2.31. The molecule has 0 spiro atoms. The van der Waals surface area contributed by atoms with Gasteiger partial charge in [0, 0.05) is 31.8 Å². The zero-order valence-electron chi connectivity index (χ0n) is 22.8. The summed E-state index contributed by atoms with van der Waals surface area (Å²) in [6.07, 6.45) is 2.86. The second kappa shape index (κ2) is 11.2. The summed E-state index contributed by atoms with van der Waals surface area (Å²) in [5.41, 5.74) is 8.64. The van der Waals surface area contributed by atoms with Gasteiger partial charge in [0.15, 0.2) is 0 Å². The van der Waals surface area contributed by atoms with Gasteiger partial charge in [-0.1, -0.05) is 11.8 Å². The van der Waals surface area contributed by atoms with E-state index in [0.717, 1.165) is 18.5 Å². The molecule has 2 N–H and O–H groups in total. The van der Waals surface area contributed by atoms with Crippen molar-refractivity contribution in [1.82, 2.24) is 19.4 Å². The molecule has 0 saturated carbocycles. The average Bonchev–Trinajstić information content (AvgIpc) is 3.46. The van der Waals surface area contributed by atoms with Gasteiger partial charge < -0.3 is 34.1 Å². The Labute approximate surface area is 223 Å². The summed E-state index contributed by atoms with van der Waals surface area (Å²) in [6, 6.07) is 5.39. The van der Waals surface area contributed by atoms with Crippen LogP contribution in [-0.2, 0) is 22.6 Å². The van der Waals surface area contributed by atoms with Crippen molar-refractivity contribution in [2.75, 3.05) is 33.6 Å². The standard InChI is InChI=1S/C28H35N5O5/c1-28(2,3)38-27(34)32-11-7-8-19(32)15-33-23(16-35-4)22(24-25(29)30-17-31-26(24)33)10-9-18-12-20(36-5)14-21(13-18)37-6/h12-14,17,19H,7-8,11,15-16H2,1-6H3,(H2,29,30,31)/t19-/m1/s1. The first-order valence-corrected chi connectivity index (χ1v) is 12.5. The van der Waals surface area contributed by atoms with Crippen LogP contribution in [0.2, 0.25) is 0 Å². The number of likely N-dealkylation sites (tertiary alicyclic amines) is 1. The highest BCUT2D eigenvalue weighted by atomic mass is 16.6. The lowest BCUT2D eigenvalue weighted by atomic mass is 10.1. The molecule has 3 heterocycles. The van der Waals surface area contributed by atoms with Crippen molar-refractivity contribution in [1.29, 1.82) is 0 Å². The van der Waals surface area contributed by atoms with E-state index < -0.39 is 5.60 Å². The fraction of sp³-hybridized carbons (Fsp3) is 0.464. The van der Waals surface area contributed by atoms with Crippen LogP contribution < -0.4 is 15.2 Å². The maximum atomic E-state index is 12.9. The molecule has 4 rings (SSSR count). The maximum Gasteiger partial charge on any atom is 0.410 e. The van der Waals surface area contributed by atoms with E-state index in [0.29, 0.717) is 52.6 Å². The average molecular weight is 522 g/mol. The van der Waals surface area contributed by atoms with Gasteiger partial charge in [-0.2, -0.15) is 0 Å². The summed E-state index contributed by atoms with van der Waals surface area (Å²) in [5.74, 6) is 8.10. The fourth-order valence-electron chi connectivity index (χ4n) is 4.67. The number of hydrogen-bond acceptors (Lipinski definition) is 8. The van der Waals surface area contributed by atoms with Crippen LogP contribution in [0.15, 0.2) is 24.5 Å². The Kier molecular flexibility index (Phi) is 7.97. The summed E-state index contributed by atoms with van der Waals surface area (Å²) in [6.45, 7) is 7.03. The number of ether oxygens (including phenoxy) is 4. The lowest BCUT2D eigenvalue weighted by Gasteiger charge is -2.29. The first-order chi connectivity index (χ1) is 18.1. The zero-order chi connectivity index (χ0) is 27.4. The second-order valence-corrected chi connectivity index (χ2v) is 10.1. The monoisotopic (exact) mass is 521 g/mol. The molecule has 1 fully saturated rings. The number of nitrogens with zero attached hydrogens (tertiary/aromatic N) is 4. The van der Waals surface area contributed by atoms with Crippen LogP contribution in [0.3, 0.4) is 0 Å². The molecule has 10 heteroatoms. The van der Waals surface area contributed by atoms with Crippen LogP contribution >= 0.6 is 0 Å². The van der Waals surface area contributed by atoms with E-state index in [4.69, 9.17) is 24.7 Å². The van der Waals surface area contributed by atoms with Gasteiger partial charge in [-0.25, -0.2) is 14.8 Å². The Morgan fingerprint density at radius 2 is 1.82 bits per heavy atom. The smallest absolute Gasteiger partial charge is 0.410 e. The van der Waals surface area contributed by atoms with Gasteiger partial charge in [-0.3, -0.25) is 0 Å². The van der Waals surface area contributed by atoms with Crippen LogP contribution in [0, 0.1) is 11.8 Å². The Hall–Kier alpha value is -3.97. The third-order valence-corrected chi connectivity index (χ3v) is 6.34. The highest BCUT2D eigenvalue weighted by Gasteiger charge is 2.34. The number of methoxy groups -OCH3 is 3. The number of benzene rings is 1. The molecule has 3 aromatic rings. The highest BCUT2D eigenvalue weighted by molar-refractivity contribution is 5.94. The molecule has 10 nitrogen and oxygen atoms in total. The van der Waals surface area contributed by atoms with E-state index in [1.807, 2.05) is 37.5 Å². The van der Waals surface area contributed by atoms with Gasteiger partial charge >= 0.3 is 6.09 Å². The molecule has 202 valence electrons. The number of carbonyl (C=O) groups excluding carboxylic acids is 1. The number of hydrogen-bond donors (Lipinski definition) is 1. The molecule has 0 radical (unpaired) electrons. The van der Waals surface area contributed by atoms with Gasteiger partial charge in [-0.15, -0.1) is 0 Å². The van der Waals surface area contributed by atoms with Crippen molar-refractivity contribution in [3.63, 3.8) is 0 Å². The first kappa shape index (κ1) is 27.1. The van der Waals surface area contributed by atoms with Crippen molar-refractivity contribution in [3.8, 4) is 23.3 Å². The number of carbonyl (C=O) groups is 1. The molecule has 1 aliphatic rings. The topological polar surface area (TPSA) is 114 Å². The second-order valence-electron chi connectivity index (χ2n) is 10.1. The molecule has 0 unspecified atom stereocenters. The summed E-state index contributed by atoms with van der Waals surface area (Å²) in [4.78, 5) is 23.5. The zero-order valence-corrected chi connectivity index (χ0v) is 22.8. The van der Waals surface area contributed by atoms with Gasteiger partial charge in [0.25, 0.3) is 0 Å². The third-order valence-electron chi connectivity index (χ3n) is 6.34. The van der Waals surface area contributed by atoms with E-state index in [-0.39, 0.29) is 18.7 Å². The minimum atomic E-state index is -0.571. The lowest BCUT2D eigenvalue weighted by Crippen LogP contribution is -2.41. The largest absolute Gasteiger partial charge is 0.497 e. The molecular formula is C28H35N5O5. The molecule has 1 aromatic carbocycles. The maximum absolute atomic E-state index is 12.9. The van der Waals surface area contributed by atoms with Gasteiger partial charge in [0.05, 0.1) is 43.5 Å². The summed E-state index contributed by atoms with van der Waals surface area (Å²) in [7, 11) is 4.82. The van der Waals surface area contributed by atoms with Gasteiger partial charge in [-0.05, 0) is 45.7 Å². The van der Waals surface area contributed by atoms with Crippen LogP contribution in [0.25, 0.3) is 11.0 Å². The minimum absolute atomic E-state index is 0.0734. The summed E-state index contributed by atoms with van der Waals surface area (Å²) < 4.78 is 24.1. The number of nitrogen functional groups attached to an aromatic ring is 1. The van der Waals surface area contributed by atoms with Crippen LogP contribution in [-0.4, -0.2) is 65.0 Å². The van der Waals surface area contributed by atoms with E-state index in [2.05, 4.69) is 21.8 Å². The predicted molar refractivity (Wildman–Crippen MR) is 144 cm³/mol.